The molecule has 0 atom stereocenters. The highest BCUT2D eigenvalue weighted by atomic mass is 16.5. The van der Waals surface area contributed by atoms with Gasteiger partial charge in [0.1, 0.15) is 11.5 Å². The molecule has 0 bridgehead atoms. The number of nitrogens with one attached hydrogen (secondary N) is 2. The highest BCUT2D eigenvalue weighted by Crippen LogP contribution is 2.10. The summed E-state index contributed by atoms with van der Waals surface area (Å²) in [5.41, 5.74) is 0.365. The Labute approximate surface area is 134 Å². The SMILES string of the molecule is O=C(COc1ccccc1)NCCNC(=O)c1cccc(O)c1. The molecule has 6 nitrogen and oxygen atoms in total. The van der Waals surface area contributed by atoms with Crippen LogP contribution in [0.1, 0.15) is 10.4 Å². The number of aromatic hydroxyl groups is 1. The van der Waals surface area contributed by atoms with Crippen LogP contribution in [0.25, 0.3) is 0 Å². The van der Waals surface area contributed by atoms with E-state index in [0.717, 1.165) is 0 Å². The normalized spacial score (nSPS) is 9.91. The minimum Gasteiger partial charge on any atom is -0.508 e. The molecule has 2 aromatic carbocycles. The second-order valence-electron chi connectivity index (χ2n) is 4.76. The van der Waals surface area contributed by atoms with Gasteiger partial charge in [0, 0.05) is 18.7 Å². The van der Waals surface area contributed by atoms with Gasteiger partial charge < -0.3 is 20.5 Å². The standard InChI is InChI=1S/C17H18N2O4/c20-14-6-4-5-13(11-14)17(22)19-10-9-18-16(21)12-23-15-7-2-1-3-8-15/h1-8,11,20H,9-10,12H2,(H,18,21)(H,19,22). The number of benzene rings is 2. The van der Waals surface area contributed by atoms with Crippen LogP contribution >= 0.6 is 0 Å². The average Bonchev–Trinajstić information content (AvgIpc) is 2.57. The Bertz CT molecular complexity index is 659. The van der Waals surface area contributed by atoms with Crippen LogP contribution in [0.15, 0.2) is 54.6 Å². The van der Waals surface area contributed by atoms with Crippen LogP contribution in [0.4, 0.5) is 0 Å². The number of amides is 2. The van der Waals surface area contributed by atoms with E-state index in [-0.39, 0.29) is 30.7 Å². The lowest BCUT2D eigenvalue weighted by Gasteiger charge is -2.08. The zero-order valence-electron chi connectivity index (χ0n) is 12.5. The van der Waals surface area contributed by atoms with Crippen molar-refractivity contribution in [1.29, 1.82) is 0 Å². The van der Waals surface area contributed by atoms with E-state index < -0.39 is 0 Å². The van der Waals surface area contributed by atoms with Gasteiger partial charge in [-0.2, -0.15) is 0 Å². The van der Waals surface area contributed by atoms with Crippen molar-refractivity contribution in [2.75, 3.05) is 19.7 Å². The quantitative estimate of drug-likeness (QED) is 0.673. The van der Waals surface area contributed by atoms with Crippen molar-refractivity contribution in [2.24, 2.45) is 0 Å². The highest BCUT2D eigenvalue weighted by molar-refractivity contribution is 5.94. The molecule has 3 N–H and O–H groups in total. The minimum absolute atomic E-state index is 0.0315. The van der Waals surface area contributed by atoms with Gasteiger partial charge in [0.25, 0.3) is 11.8 Å². The molecule has 2 aromatic rings. The second-order valence-corrected chi connectivity index (χ2v) is 4.76. The third-order valence-electron chi connectivity index (χ3n) is 2.95. The molecule has 0 aliphatic heterocycles. The monoisotopic (exact) mass is 314 g/mol. The first-order valence-electron chi connectivity index (χ1n) is 7.17. The number of rotatable bonds is 7. The molecule has 0 unspecified atom stereocenters. The third-order valence-corrected chi connectivity index (χ3v) is 2.95. The first-order valence-corrected chi connectivity index (χ1v) is 7.17. The number of phenols is 1. The molecule has 23 heavy (non-hydrogen) atoms. The fraction of sp³-hybridized carbons (Fsp3) is 0.176. The summed E-state index contributed by atoms with van der Waals surface area (Å²) in [6.07, 6.45) is 0. The molecule has 2 amide bonds. The van der Waals surface area contributed by atoms with Crippen molar-refractivity contribution < 1.29 is 19.4 Å². The van der Waals surface area contributed by atoms with Crippen LogP contribution in [0.3, 0.4) is 0 Å². The van der Waals surface area contributed by atoms with E-state index in [1.54, 1.807) is 24.3 Å². The van der Waals surface area contributed by atoms with Crippen molar-refractivity contribution in [3.63, 3.8) is 0 Å². The number of carbonyl (C=O) groups is 2. The zero-order chi connectivity index (χ0) is 16.5. The maximum Gasteiger partial charge on any atom is 0.258 e. The predicted molar refractivity (Wildman–Crippen MR) is 85.4 cm³/mol. The van der Waals surface area contributed by atoms with Gasteiger partial charge in [-0.15, -0.1) is 0 Å². The molecular formula is C17H18N2O4. The molecule has 0 heterocycles. The van der Waals surface area contributed by atoms with E-state index in [2.05, 4.69) is 10.6 Å². The molecule has 0 saturated carbocycles. The van der Waals surface area contributed by atoms with E-state index in [0.29, 0.717) is 17.9 Å². The van der Waals surface area contributed by atoms with Gasteiger partial charge in [-0.1, -0.05) is 24.3 Å². The first-order chi connectivity index (χ1) is 11.1. The minimum atomic E-state index is -0.310. The Hall–Kier alpha value is -3.02. The summed E-state index contributed by atoms with van der Waals surface area (Å²) >= 11 is 0. The van der Waals surface area contributed by atoms with Crippen LogP contribution in [0, 0.1) is 0 Å². The van der Waals surface area contributed by atoms with Crippen LogP contribution in [0.2, 0.25) is 0 Å². The summed E-state index contributed by atoms with van der Waals surface area (Å²) in [5, 5.41) is 14.6. The van der Waals surface area contributed by atoms with Crippen LogP contribution in [-0.2, 0) is 4.79 Å². The summed E-state index contributed by atoms with van der Waals surface area (Å²) in [7, 11) is 0. The lowest BCUT2D eigenvalue weighted by molar-refractivity contribution is -0.123. The van der Waals surface area contributed by atoms with Crippen molar-refractivity contribution in [3.05, 3.63) is 60.2 Å². The van der Waals surface area contributed by atoms with E-state index in [1.807, 2.05) is 18.2 Å². The average molecular weight is 314 g/mol. The van der Waals surface area contributed by atoms with Gasteiger partial charge in [0.05, 0.1) is 0 Å². The first kappa shape index (κ1) is 16.4. The number of ether oxygens (including phenoxy) is 1. The Kier molecular flexibility index (Phi) is 5.99. The van der Waals surface area contributed by atoms with Crippen LogP contribution < -0.4 is 15.4 Å². The van der Waals surface area contributed by atoms with Gasteiger partial charge >= 0.3 is 0 Å². The Balaban J connectivity index is 1.63. The lowest BCUT2D eigenvalue weighted by atomic mass is 10.2. The van der Waals surface area contributed by atoms with E-state index in [4.69, 9.17) is 4.74 Å². The Morgan fingerprint density at radius 3 is 2.43 bits per heavy atom. The molecule has 2 rings (SSSR count). The van der Waals surface area contributed by atoms with Crippen molar-refractivity contribution in [2.45, 2.75) is 0 Å². The molecule has 0 spiro atoms. The number of hydrogen-bond donors (Lipinski definition) is 3. The number of phenolic OH excluding ortho intramolecular Hbond substituents is 1. The maximum absolute atomic E-state index is 11.8. The maximum atomic E-state index is 11.8. The fourth-order valence-corrected chi connectivity index (χ4v) is 1.84. The summed E-state index contributed by atoms with van der Waals surface area (Å²) in [4.78, 5) is 23.4. The molecule has 120 valence electrons. The van der Waals surface area contributed by atoms with Crippen molar-refractivity contribution in [3.8, 4) is 11.5 Å². The summed E-state index contributed by atoms with van der Waals surface area (Å²) in [6, 6.07) is 15.1. The third kappa shape index (κ3) is 5.70. The largest absolute Gasteiger partial charge is 0.508 e. The molecule has 0 radical (unpaired) electrons. The van der Waals surface area contributed by atoms with Gasteiger partial charge in [-0.05, 0) is 30.3 Å². The van der Waals surface area contributed by atoms with E-state index >= 15 is 0 Å². The van der Waals surface area contributed by atoms with Crippen LogP contribution in [-0.4, -0.2) is 36.6 Å². The van der Waals surface area contributed by atoms with E-state index in [1.165, 1.54) is 12.1 Å². The Morgan fingerprint density at radius 1 is 0.957 bits per heavy atom. The van der Waals surface area contributed by atoms with Crippen molar-refractivity contribution in [1.82, 2.24) is 10.6 Å². The second kappa shape index (κ2) is 8.43. The van der Waals surface area contributed by atoms with Gasteiger partial charge in [-0.3, -0.25) is 9.59 Å². The fourth-order valence-electron chi connectivity index (χ4n) is 1.84. The molecule has 0 aliphatic carbocycles. The molecule has 0 fully saturated rings. The predicted octanol–water partition coefficient (Wildman–Crippen LogP) is 1.32. The van der Waals surface area contributed by atoms with Crippen molar-refractivity contribution >= 4 is 11.8 Å². The number of para-hydroxylation sites is 1. The van der Waals surface area contributed by atoms with Gasteiger partial charge in [0.15, 0.2) is 6.61 Å². The summed E-state index contributed by atoms with van der Waals surface area (Å²) < 4.78 is 5.30. The van der Waals surface area contributed by atoms with E-state index in [9.17, 15) is 14.7 Å². The molecular weight excluding hydrogens is 296 g/mol. The smallest absolute Gasteiger partial charge is 0.258 e. The molecule has 0 aromatic heterocycles. The number of carbonyl (C=O) groups excluding carboxylic acids is 2. The molecule has 0 aliphatic rings. The highest BCUT2D eigenvalue weighted by Gasteiger charge is 2.06. The topological polar surface area (TPSA) is 87.7 Å². The zero-order valence-corrected chi connectivity index (χ0v) is 12.5. The Morgan fingerprint density at radius 2 is 1.70 bits per heavy atom. The lowest BCUT2D eigenvalue weighted by Crippen LogP contribution is -2.36. The number of hydrogen-bond acceptors (Lipinski definition) is 4. The molecule has 6 heteroatoms. The van der Waals surface area contributed by atoms with Gasteiger partial charge in [-0.25, -0.2) is 0 Å². The summed E-state index contributed by atoms with van der Waals surface area (Å²) in [5.74, 6) is 0.0833. The van der Waals surface area contributed by atoms with Crippen LogP contribution in [0.5, 0.6) is 11.5 Å². The molecule has 0 saturated heterocycles. The summed E-state index contributed by atoms with van der Waals surface area (Å²) in [6.45, 7) is 0.498. The van der Waals surface area contributed by atoms with Gasteiger partial charge in [0.2, 0.25) is 0 Å².